The molecule has 1 aromatic carbocycles. The number of aliphatic hydroxyl groups excluding tert-OH is 1. The van der Waals surface area contributed by atoms with Crippen molar-refractivity contribution in [2.24, 2.45) is 0 Å². The predicted octanol–water partition coefficient (Wildman–Crippen LogP) is 2.90. The van der Waals surface area contributed by atoms with Gasteiger partial charge in [0.15, 0.2) is 0 Å². The maximum absolute atomic E-state index is 12.9. The lowest BCUT2D eigenvalue weighted by Crippen LogP contribution is -2.40. The number of rotatable bonds is 11. The molecule has 1 amide bonds. The Balaban J connectivity index is 1.54. The summed E-state index contributed by atoms with van der Waals surface area (Å²) in [4.78, 5) is 28.9. The molecule has 1 atom stereocenters. The zero-order chi connectivity index (χ0) is 25.4. The van der Waals surface area contributed by atoms with E-state index >= 15 is 0 Å². The van der Waals surface area contributed by atoms with Crippen molar-refractivity contribution in [2.45, 2.75) is 58.6 Å². The van der Waals surface area contributed by atoms with E-state index in [0.29, 0.717) is 18.2 Å². The third-order valence-electron chi connectivity index (χ3n) is 5.88. The van der Waals surface area contributed by atoms with Crippen LogP contribution < -0.4 is 4.74 Å². The molecule has 0 saturated carbocycles. The van der Waals surface area contributed by atoms with Gasteiger partial charge in [0.25, 0.3) is 5.91 Å². The Labute approximate surface area is 207 Å². The highest BCUT2D eigenvalue weighted by molar-refractivity contribution is 5.95. The maximum atomic E-state index is 12.9. The highest BCUT2D eigenvalue weighted by Crippen LogP contribution is 2.18. The standard InChI is InChI=1S/C26H38N4O5/c1-20-7-5-12-28(20)13-6-16-34-23-10-8-22(9-11-23)30-18-21(17-27-30)25(33)29(14-15-31)19-24(32)35-26(2,3)4/h8-11,17-18,20,31H,5-7,12-16,19H2,1-4H3/t20-/m1/s1. The van der Waals surface area contributed by atoms with Crippen LogP contribution in [0.1, 0.15) is 57.3 Å². The molecule has 0 aliphatic carbocycles. The molecule has 2 heterocycles. The second-order valence-electron chi connectivity index (χ2n) is 9.93. The van der Waals surface area contributed by atoms with Crippen molar-refractivity contribution in [2.75, 3.05) is 39.4 Å². The lowest BCUT2D eigenvalue weighted by atomic mass is 10.2. The molecule has 0 bridgehead atoms. The average Bonchev–Trinajstić information content (AvgIpc) is 3.44. The molecule has 2 aromatic rings. The van der Waals surface area contributed by atoms with Gasteiger partial charge in [0.1, 0.15) is 17.9 Å². The summed E-state index contributed by atoms with van der Waals surface area (Å²) >= 11 is 0. The van der Waals surface area contributed by atoms with E-state index < -0.39 is 17.5 Å². The van der Waals surface area contributed by atoms with Crippen molar-refractivity contribution in [1.82, 2.24) is 19.6 Å². The number of hydrogen-bond donors (Lipinski definition) is 1. The molecule has 35 heavy (non-hydrogen) atoms. The summed E-state index contributed by atoms with van der Waals surface area (Å²) in [6.45, 7) is 9.99. The number of nitrogens with zero attached hydrogens (tertiary/aromatic N) is 4. The molecule has 1 N–H and O–H groups in total. The fourth-order valence-electron chi connectivity index (χ4n) is 4.14. The third kappa shape index (κ3) is 8.07. The van der Waals surface area contributed by atoms with Crippen molar-refractivity contribution in [1.29, 1.82) is 0 Å². The third-order valence-corrected chi connectivity index (χ3v) is 5.88. The van der Waals surface area contributed by atoms with Gasteiger partial charge in [-0.3, -0.25) is 9.59 Å². The zero-order valence-corrected chi connectivity index (χ0v) is 21.3. The van der Waals surface area contributed by atoms with Crippen LogP contribution in [0.15, 0.2) is 36.7 Å². The van der Waals surface area contributed by atoms with E-state index in [1.165, 1.54) is 30.5 Å². The van der Waals surface area contributed by atoms with Gasteiger partial charge < -0.3 is 24.4 Å². The van der Waals surface area contributed by atoms with Gasteiger partial charge in [0.2, 0.25) is 0 Å². The monoisotopic (exact) mass is 486 g/mol. The zero-order valence-electron chi connectivity index (χ0n) is 21.3. The molecule has 192 valence electrons. The topological polar surface area (TPSA) is 97.1 Å². The molecular formula is C26H38N4O5. The maximum Gasteiger partial charge on any atom is 0.326 e. The molecule has 1 fully saturated rings. The van der Waals surface area contributed by atoms with E-state index in [1.807, 2.05) is 24.3 Å². The van der Waals surface area contributed by atoms with E-state index in [4.69, 9.17) is 9.47 Å². The Hall–Kier alpha value is -2.91. The molecule has 0 unspecified atom stereocenters. The first-order chi connectivity index (χ1) is 16.7. The number of hydrogen-bond acceptors (Lipinski definition) is 7. The van der Waals surface area contributed by atoms with Crippen molar-refractivity contribution in [3.05, 3.63) is 42.2 Å². The summed E-state index contributed by atoms with van der Waals surface area (Å²) in [5.74, 6) is -0.140. The quantitative estimate of drug-likeness (QED) is 0.385. The minimum Gasteiger partial charge on any atom is -0.494 e. The molecule has 1 aliphatic rings. The highest BCUT2D eigenvalue weighted by atomic mass is 16.6. The molecule has 9 heteroatoms. The lowest BCUT2D eigenvalue weighted by Gasteiger charge is -2.24. The average molecular weight is 487 g/mol. The van der Waals surface area contributed by atoms with Gasteiger partial charge >= 0.3 is 5.97 Å². The first kappa shape index (κ1) is 26.7. The Morgan fingerprint density at radius 2 is 1.97 bits per heavy atom. The number of carbonyl (C=O) groups excluding carboxylic acids is 2. The van der Waals surface area contributed by atoms with Crippen LogP contribution in [0.5, 0.6) is 5.75 Å². The molecule has 9 nitrogen and oxygen atoms in total. The van der Waals surface area contributed by atoms with E-state index in [0.717, 1.165) is 24.4 Å². The van der Waals surface area contributed by atoms with Gasteiger partial charge in [-0.2, -0.15) is 5.10 Å². The van der Waals surface area contributed by atoms with Gasteiger partial charge in [0, 0.05) is 25.3 Å². The Morgan fingerprint density at radius 3 is 2.60 bits per heavy atom. The SMILES string of the molecule is C[C@@H]1CCCN1CCCOc1ccc(-n2cc(C(=O)N(CCO)CC(=O)OC(C)(C)C)cn2)cc1. The number of amides is 1. The van der Waals surface area contributed by atoms with Gasteiger partial charge in [-0.15, -0.1) is 0 Å². The van der Waals surface area contributed by atoms with Gasteiger partial charge in [0.05, 0.1) is 30.7 Å². The number of carbonyl (C=O) groups is 2. The number of aliphatic hydroxyl groups is 1. The fraction of sp³-hybridized carbons (Fsp3) is 0.577. The molecule has 1 aromatic heterocycles. The molecule has 1 saturated heterocycles. The van der Waals surface area contributed by atoms with Crippen LogP contribution in [-0.2, 0) is 9.53 Å². The van der Waals surface area contributed by atoms with Crippen LogP contribution in [0.25, 0.3) is 5.69 Å². The fourth-order valence-corrected chi connectivity index (χ4v) is 4.14. The summed E-state index contributed by atoms with van der Waals surface area (Å²) in [5, 5.41) is 13.6. The van der Waals surface area contributed by atoms with Crippen molar-refractivity contribution < 1.29 is 24.2 Å². The van der Waals surface area contributed by atoms with Crippen LogP contribution >= 0.6 is 0 Å². The minimum absolute atomic E-state index is 0.0198. The number of benzene rings is 1. The van der Waals surface area contributed by atoms with Crippen molar-refractivity contribution in [3.63, 3.8) is 0 Å². The molecule has 0 spiro atoms. The molecule has 3 rings (SSSR count). The van der Waals surface area contributed by atoms with E-state index in [1.54, 1.807) is 31.6 Å². The number of esters is 1. The van der Waals surface area contributed by atoms with Crippen molar-refractivity contribution >= 4 is 11.9 Å². The number of aromatic nitrogens is 2. The number of ether oxygens (including phenoxy) is 2. The lowest BCUT2D eigenvalue weighted by molar-refractivity contribution is -0.155. The van der Waals surface area contributed by atoms with Crippen LogP contribution in [0.4, 0.5) is 0 Å². The van der Waals surface area contributed by atoms with Gasteiger partial charge in [-0.25, -0.2) is 4.68 Å². The summed E-state index contributed by atoms with van der Waals surface area (Å²) < 4.78 is 12.8. The van der Waals surface area contributed by atoms with Gasteiger partial charge in [-0.1, -0.05) is 0 Å². The first-order valence-electron chi connectivity index (χ1n) is 12.3. The summed E-state index contributed by atoms with van der Waals surface area (Å²) in [6, 6.07) is 8.21. The van der Waals surface area contributed by atoms with E-state index in [2.05, 4.69) is 16.9 Å². The Morgan fingerprint density at radius 1 is 1.23 bits per heavy atom. The minimum atomic E-state index is -0.655. The second-order valence-corrected chi connectivity index (χ2v) is 9.93. The largest absolute Gasteiger partial charge is 0.494 e. The summed E-state index contributed by atoms with van der Waals surface area (Å²) in [7, 11) is 0. The van der Waals surface area contributed by atoms with Crippen LogP contribution in [0, 0.1) is 0 Å². The predicted molar refractivity (Wildman–Crippen MR) is 133 cm³/mol. The van der Waals surface area contributed by atoms with E-state index in [9.17, 15) is 14.7 Å². The molecule has 0 radical (unpaired) electrons. The summed E-state index contributed by atoms with van der Waals surface area (Å²) in [6.07, 6.45) is 6.62. The molecular weight excluding hydrogens is 448 g/mol. The van der Waals surface area contributed by atoms with Crippen LogP contribution in [-0.4, -0.2) is 87.6 Å². The number of likely N-dealkylation sites (tertiary alicyclic amines) is 1. The Bertz CT molecular complexity index is 967. The normalized spacial score (nSPS) is 16.3. The second kappa shape index (κ2) is 12.2. The van der Waals surface area contributed by atoms with Gasteiger partial charge in [-0.05, 0) is 77.8 Å². The highest BCUT2D eigenvalue weighted by Gasteiger charge is 2.24. The smallest absolute Gasteiger partial charge is 0.326 e. The molecule has 1 aliphatic heterocycles. The van der Waals surface area contributed by atoms with Crippen molar-refractivity contribution in [3.8, 4) is 11.4 Å². The van der Waals surface area contributed by atoms with Crippen LogP contribution in [0.2, 0.25) is 0 Å². The van der Waals surface area contributed by atoms with E-state index in [-0.39, 0.29) is 19.7 Å². The summed E-state index contributed by atoms with van der Waals surface area (Å²) in [5.41, 5.74) is 0.444. The Kier molecular flexibility index (Phi) is 9.28. The van der Waals surface area contributed by atoms with Crippen LogP contribution in [0.3, 0.4) is 0 Å². The first-order valence-corrected chi connectivity index (χ1v) is 12.3.